The molecule has 0 bridgehead atoms. The average molecular weight is 398 g/mol. The van der Waals surface area contributed by atoms with Crippen LogP contribution in [0.2, 0.25) is 0 Å². The summed E-state index contributed by atoms with van der Waals surface area (Å²) in [6.07, 6.45) is 0. The van der Waals surface area contributed by atoms with E-state index in [1.807, 2.05) is 61.5 Å². The Morgan fingerprint density at radius 1 is 0.900 bits per heavy atom. The van der Waals surface area contributed by atoms with Crippen molar-refractivity contribution in [2.75, 3.05) is 34.3 Å². The fourth-order valence-corrected chi connectivity index (χ4v) is 3.58. The van der Waals surface area contributed by atoms with Crippen molar-refractivity contribution in [2.24, 2.45) is 0 Å². The lowest BCUT2D eigenvalue weighted by Gasteiger charge is -2.28. The molecular weight excluding hydrogens is 376 g/mol. The molecule has 0 aliphatic carbocycles. The first-order valence-electron chi connectivity index (χ1n) is 9.71. The molecule has 1 heterocycles. The molecule has 1 aliphatic rings. The molecule has 150 valence electrons. The third kappa shape index (κ3) is 3.66. The van der Waals surface area contributed by atoms with Crippen LogP contribution in [0, 0.1) is 11.8 Å². The predicted molar refractivity (Wildman–Crippen MR) is 117 cm³/mol. The Labute approximate surface area is 175 Å². The van der Waals surface area contributed by atoms with Crippen molar-refractivity contribution in [2.45, 2.75) is 0 Å². The average Bonchev–Trinajstić information content (AvgIpc) is 2.75. The van der Waals surface area contributed by atoms with Gasteiger partial charge < -0.3 is 9.64 Å². The van der Waals surface area contributed by atoms with Gasteiger partial charge in [0.05, 0.1) is 7.11 Å². The number of benzene rings is 3. The molecule has 3 aromatic carbocycles. The Balaban J connectivity index is 1.78. The number of rotatable bonds is 4. The van der Waals surface area contributed by atoms with Crippen LogP contribution in [0.5, 0.6) is 5.75 Å². The van der Waals surface area contributed by atoms with Crippen molar-refractivity contribution in [3.63, 3.8) is 0 Å². The first kappa shape index (κ1) is 19.7. The lowest BCUT2D eigenvalue weighted by atomic mass is 9.92. The lowest BCUT2D eigenvalue weighted by Crippen LogP contribution is -2.43. The maximum Gasteiger partial charge on any atom is 0.261 e. The Morgan fingerprint density at radius 2 is 1.63 bits per heavy atom. The van der Waals surface area contributed by atoms with Crippen molar-refractivity contribution in [3.05, 3.63) is 76.9 Å². The number of hydrogen-bond donors (Lipinski definition) is 0. The van der Waals surface area contributed by atoms with Crippen molar-refractivity contribution in [1.29, 1.82) is 0 Å². The molecule has 2 amide bonds. The van der Waals surface area contributed by atoms with Crippen molar-refractivity contribution in [3.8, 4) is 17.6 Å². The van der Waals surface area contributed by atoms with E-state index >= 15 is 0 Å². The summed E-state index contributed by atoms with van der Waals surface area (Å²) in [5, 5.41) is 1.55. The monoisotopic (exact) mass is 398 g/mol. The highest BCUT2D eigenvalue weighted by Crippen LogP contribution is 2.31. The number of ether oxygens (including phenoxy) is 1. The molecule has 0 aromatic heterocycles. The number of hydrogen-bond acceptors (Lipinski definition) is 4. The maximum atomic E-state index is 13.2. The van der Waals surface area contributed by atoms with Gasteiger partial charge in [-0.05, 0) is 55.9 Å². The second-order valence-electron chi connectivity index (χ2n) is 7.47. The van der Waals surface area contributed by atoms with Gasteiger partial charge in [0.1, 0.15) is 5.75 Å². The molecule has 0 saturated heterocycles. The number of nitrogens with zero attached hydrogens (tertiary/aromatic N) is 2. The van der Waals surface area contributed by atoms with Crippen LogP contribution in [0.15, 0.2) is 54.6 Å². The molecule has 5 heteroatoms. The number of methoxy groups -OCH3 is 1. The van der Waals surface area contributed by atoms with E-state index in [-0.39, 0.29) is 11.8 Å². The van der Waals surface area contributed by atoms with E-state index in [4.69, 9.17) is 4.74 Å². The minimum Gasteiger partial charge on any atom is -0.497 e. The molecule has 0 saturated carbocycles. The molecule has 30 heavy (non-hydrogen) atoms. The summed E-state index contributed by atoms with van der Waals surface area (Å²) >= 11 is 0. The molecule has 4 rings (SSSR count). The molecule has 3 aromatic rings. The van der Waals surface area contributed by atoms with Gasteiger partial charge in [-0.1, -0.05) is 30.0 Å². The van der Waals surface area contributed by atoms with E-state index < -0.39 is 0 Å². The van der Waals surface area contributed by atoms with Crippen LogP contribution in [0.25, 0.3) is 10.8 Å². The smallest absolute Gasteiger partial charge is 0.261 e. The van der Waals surface area contributed by atoms with Crippen molar-refractivity contribution in [1.82, 2.24) is 9.80 Å². The zero-order valence-corrected chi connectivity index (χ0v) is 17.2. The van der Waals surface area contributed by atoms with Gasteiger partial charge in [-0.3, -0.25) is 14.5 Å². The van der Waals surface area contributed by atoms with Gasteiger partial charge in [0.2, 0.25) is 0 Å². The molecular formula is C25H22N2O3. The van der Waals surface area contributed by atoms with Crippen molar-refractivity contribution < 1.29 is 14.3 Å². The van der Waals surface area contributed by atoms with E-state index in [9.17, 15) is 9.59 Å². The first-order chi connectivity index (χ1) is 14.5. The van der Waals surface area contributed by atoms with Gasteiger partial charge in [-0.25, -0.2) is 0 Å². The van der Waals surface area contributed by atoms with Crippen molar-refractivity contribution >= 4 is 22.6 Å². The highest BCUT2D eigenvalue weighted by molar-refractivity contribution is 6.25. The zero-order valence-electron chi connectivity index (χ0n) is 17.2. The third-order valence-corrected chi connectivity index (χ3v) is 5.12. The van der Waals surface area contributed by atoms with Gasteiger partial charge in [0.25, 0.3) is 11.8 Å². The standard InChI is InChI=1S/C25H22N2O3/c1-26(2)12-13-27-24(28)21-9-5-7-19-14-18(16-22(23(19)21)25(27)29)11-10-17-6-4-8-20(15-17)30-3/h4-9,14-16H,12-13H2,1-3H3. The molecule has 0 unspecified atom stereocenters. The van der Waals surface area contributed by atoms with Crippen LogP contribution in [0.3, 0.4) is 0 Å². The first-order valence-corrected chi connectivity index (χ1v) is 9.71. The molecule has 0 N–H and O–H groups in total. The van der Waals surface area contributed by atoms with Gasteiger partial charge in [0.15, 0.2) is 0 Å². The summed E-state index contributed by atoms with van der Waals surface area (Å²) < 4.78 is 5.24. The molecule has 0 atom stereocenters. The lowest BCUT2D eigenvalue weighted by molar-refractivity contribution is 0.0601. The summed E-state index contributed by atoms with van der Waals surface area (Å²) in [5.41, 5.74) is 2.64. The normalized spacial score (nSPS) is 12.9. The van der Waals surface area contributed by atoms with E-state index in [2.05, 4.69) is 11.8 Å². The Morgan fingerprint density at radius 3 is 2.40 bits per heavy atom. The summed E-state index contributed by atoms with van der Waals surface area (Å²) in [4.78, 5) is 29.4. The molecule has 0 radical (unpaired) electrons. The van der Waals surface area contributed by atoms with Crippen LogP contribution in [-0.4, -0.2) is 55.9 Å². The van der Waals surface area contributed by atoms with Gasteiger partial charge in [-0.15, -0.1) is 0 Å². The SMILES string of the molecule is COc1cccc(C#Cc2cc3c4c(cccc4c2)C(=O)N(CCN(C)C)C3=O)c1. The highest BCUT2D eigenvalue weighted by atomic mass is 16.5. The van der Waals surface area contributed by atoms with Gasteiger partial charge in [0, 0.05) is 40.7 Å². The number of carbonyl (C=O) groups is 2. The van der Waals surface area contributed by atoms with Crippen LogP contribution in [0.4, 0.5) is 0 Å². The fraction of sp³-hybridized carbons (Fsp3) is 0.200. The molecule has 1 aliphatic heterocycles. The van der Waals surface area contributed by atoms with Crippen LogP contribution in [-0.2, 0) is 0 Å². The molecule has 0 fully saturated rings. The topological polar surface area (TPSA) is 49.9 Å². The summed E-state index contributed by atoms with van der Waals surface area (Å²) in [6.45, 7) is 0.957. The van der Waals surface area contributed by atoms with E-state index in [0.717, 1.165) is 22.3 Å². The highest BCUT2D eigenvalue weighted by Gasteiger charge is 2.32. The number of carbonyl (C=O) groups excluding carboxylic acids is 2. The summed E-state index contributed by atoms with van der Waals surface area (Å²) in [7, 11) is 5.45. The fourth-order valence-electron chi connectivity index (χ4n) is 3.58. The van der Waals surface area contributed by atoms with Crippen LogP contribution >= 0.6 is 0 Å². The molecule has 5 nitrogen and oxygen atoms in total. The second kappa shape index (κ2) is 8.02. The Hall–Kier alpha value is -3.62. The quantitative estimate of drug-likeness (QED) is 0.499. The number of amides is 2. The van der Waals surface area contributed by atoms with E-state index in [1.165, 1.54) is 4.90 Å². The van der Waals surface area contributed by atoms with E-state index in [0.29, 0.717) is 29.6 Å². The third-order valence-electron chi connectivity index (χ3n) is 5.12. The largest absolute Gasteiger partial charge is 0.497 e. The van der Waals surface area contributed by atoms with Crippen LogP contribution < -0.4 is 4.74 Å². The predicted octanol–water partition coefficient (Wildman–Crippen LogP) is 3.41. The maximum absolute atomic E-state index is 13.2. The zero-order chi connectivity index (χ0) is 21.3. The second-order valence-corrected chi connectivity index (χ2v) is 7.47. The Bertz CT molecular complexity index is 1220. The Kier molecular flexibility index (Phi) is 5.26. The summed E-state index contributed by atoms with van der Waals surface area (Å²) in [6, 6.07) is 16.8. The van der Waals surface area contributed by atoms with E-state index in [1.54, 1.807) is 19.2 Å². The minimum atomic E-state index is -0.268. The summed E-state index contributed by atoms with van der Waals surface area (Å²) in [5.74, 6) is 6.51. The molecule has 0 spiro atoms. The number of likely N-dealkylation sites (N-methyl/N-ethyl adjacent to an activating group) is 1. The minimum absolute atomic E-state index is 0.241. The van der Waals surface area contributed by atoms with Crippen LogP contribution in [0.1, 0.15) is 31.8 Å². The van der Waals surface area contributed by atoms with Gasteiger partial charge >= 0.3 is 0 Å². The van der Waals surface area contributed by atoms with Gasteiger partial charge in [-0.2, -0.15) is 0 Å². The number of imide groups is 1.